The van der Waals surface area contributed by atoms with E-state index in [1.165, 1.54) is 0 Å². The van der Waals surface area contributed by atoms with Crippen LogP contribution in [0.5, 0.6) is 11.5 Å². The van der Waals surface area contributed by atoms with Crippen LogP contribution in [0.25, 0.3) is 0 Å². The molecule has 1 atom stereocenters. The number of rotatable bonds is 4. The van der Waals surface area contributed by atoms with Crippen LogP contribution in [0.2, 0.25) is 0 Å². The zero-order chi connectivity index (χ0) is 14.0. The maximum absolute atomic E-state index is 12.1. The Hall–Kier alpha value is -1.75. The van der Waals surface area contributed by atoms with E-state index >= 15 is 0 Å². The third-order valence-electron chi connectivity index (χ3n) is 3.08. The van der Waals surface area contributed by atoms with Gasteiger partial charge in [-0.3, -0.25) is 4.90 Å². The van der Waals surface area contributed by atoms with Gasteiger partial charge in [-0.15, -0.1) is 0 Å². The highest BCUT2D eigenvalue weighted by Crippen LogP contribution is 2.37. The zero-order valence-electron chi connectivity index (χ0n) is 11.7. The van der Waals surface area contributed by atoms with E-state index in [1.807, 2.05) is 38.1 Å². The third-order valence-corrected chi connectivity index (χ3v) is 3.08. The summed E-state index contributed by atoms with van der Waals surface area (Å²) in [5.41, 5.74) is 1.86. The summed E-state index contributed by atoms with van der Waals surface area (Å²) in [4.78, 5) is 13.9. The molecule has 0 spiro atoms. The number of hydrogen-bond acceptors (Lipinski definition) is 5. The van der Waals surface area contributed by atoms with E-state index < -0.39 is 6.04 Å². The topological polar surface area (TPSA) is 48.0 Å². The first-order chi connectivity index (χ1) is 9.04. The molecule has 0 bridgehead atoms. The second-order valence-electron chi connectivity index (χ2n) is 4.68. The summed E-state index contributed by atoms with van der Waals surface area (Å²) in [5, 5.41) is 0. The highest BCUT2D eigenvalue weighted by atomic mass is 16.7. The lowest BCUT2D eigenvalue weighted by Gasteiger charge is -2.24. The molecule has 0 fully saturated rings. The first-order valence-electron chi connectivity index (χ1n) is 6.27. The van der Waals surface area contributed by atoms with Gasteiger partial charge in [-0.05, 0) is 51.2 Å². The molecule has 0 saturated heterocycles. The number of hydrogen-bond donors (Lipinski definition) is 0. The Morgan fingerprint density at radius 2 is 2.00 bits per heavy atom. The summed E-state index contributed by atoms with van der Waals surface area (Å²) in [6.07, 6.45) is 0. The summed E-state index contributed by atoms with van der Waals surface area (Å²) in [6.45, 7) is 4.35. The molecule has 19 heavy (non-hydrogen) atoms. The number of esters is 1. The van der Waals surface area contributed by atoms with E-state index in [-0.39, 0.29) is 12.8 Å². The number of benzene rings is 1. The monoisotopic (exact) mass is 265 g/mol. The molecule has 5 nitrogen and oxygen atoms in total. The van der Waals surface area contributed by atoms with Crippen LogP contribution in [0.1, 0.15) is 24.1 Å². The van der Waals surface area contributed by atoms with Crippen LogP contribution in [0, 0.1) is 6.92 Å². The van der Waals surface area contributed by atoms with Crippen molar-refractivity contribution in [2.24, 2.45) is 0 Å². The molecule has 0 aliphatic carbocycles. The molecule has 1 unspecified atom stereocenters. The number of fused-ring (bicyclic) bond motifs is 1. The Bertz CT molecular complexity index is 485. The van der Waals surface area contributed by atoms with E-state index in [0.29, 0.717) is 12.4 Å². The minimum absolute atomic E-state index is 0.226. The summed E-state index contributed by atoms with van der Waals surface area (Å²) >= 11 is 0. The van der Waals surface area contributed by atoms with Crippen LogP contribution in [-0.2, 0) is 9.53 Å². The van der Waals surface area contributed by atoms with Crippen LogP contribution >= 0.6 is 0 Å². The zero-order valence-corrected chi connectivity index (χ0v) is 11.7. The number of nitrogens with zero attached hydrogens (tertiary/aromatic N) is 1. The first-order valence-corrected chi connectivity index (χ1v) is 6.27. The molecule has 0 amide bonds. The van der Waals surface area contributed by atoms with Crippen molar-refractivity contribution < 1.29 is 19.0 Å². The van der Waals surface area contributed by atoms with Crippen molar-refractivity contribution in [1.29, 1.82) is 0 Å². The third kappa shape index (κ3) is 2.66. The van der Waals surface area contributed by atoms with Gasteiger partial charge in [0.2, 0.25) is 6.79 Å². The predicted molar refractivity (Wildman–Crippen MR) is 70.4 cm³/mol. The van der Waals surface area contributed by atoms with Gasteiger partial charge in [0.1, 0.15) is 6.04 Å². The van der Waals surface area contributed by atoms with Crippen molar-refractivity contribution in [3.8, 4) is 11.5 Å². The Labute approximate surface area is 113 Å². The summed E-state index contributed by atoms with van der Waals surface area (Å²) in [5.74, 6) is 1.15. The minimum Gasteiger partial charge on any atom is -0.465 e. The molecule has 0 N–H and O–H groups in total. The van der Waals surface area contributed by atoms with Gasteiger partial charge in [-0.2, -0.15) is 0 Å². The molecular weight excluding hydrogens is 246 g/mol. The lowest BCUT2D eigenvalue weighted by atomic mass is 9.99. The van der Waals surface area contributed by atoms with E-state index in [0.717, 1.165) is 16.9 Å². The fourth-order valence-corrected chi connectivity index (χ4v) is 2.19. The predicted octanol–water partition coefficient (Wildman–Crippen LogP) is 1.89. The smallest absolute Gasteiger partial charge is 0.327 e. The maximum Gasteiger partial charge on any atom is 0.327 e. The van der Waals surface area contributed by atoms with Crippen molar-refractivity contribution in [3.63, 3.8) is 0 Å². The maximum atomic E-state index is 12.1. The second-order valence-corrected chi connectivity index (χ2v) is 4.68. The average Bonchev–Trinajstić information content (AvgIpc) is 2.76. The van der Waals surface area contributed by atoms with Crippen molar-refractivity contribution >= 4 is 5.97 Å². The van der Waals surface area contributed by atoms with Crippen molar-refractivity contribution in [1.82, 2.24) is 4.90 Å². The van der Waals surface area contributed by atoms with Crippen LogP contribution in [0.15, 0.2) is 12.1 Å². The highest BCUT2D eigenvalue weighted by molar-refractivity contribution is 5.78. The molecule has 0 saturated carbocycles. The summed E-state index contributed by atoms with van der Waals surface area (Å²) in [6, 6.07) is 3.32. The number of carbonyl (C=O) groups excluding carboxylic acids is 1. The first kappa shape index (κ1) is 13.7. The molecule has 5 heteroatoms. The van der Waals surface area contributed by atoms with Gasteiger partial charge in [0.25, 0.3) is 0 Å². The van der Waals surface area contributed by atoms with Gasteiger partial charge in [-0.25, -0.2) is 4.79 Å². The van der Waals surface area contributed by atoms with E-state index in [4.69, 9.17) is 14.2 Å². The van der Waals surface area contributed by atoms with Crippen LogP contribution in [0.4, 0.5) is 0 Å². The van der Waals surface area contributed by atoms with Gasteiger partial charge in [0.05, 0.1) is 6.61 Å². The van der Waals surface area contributed by atoms with Crippen molar-refractivity contribution in [3.05, 3.63) is 23.3 Å². The second kappa shape index (κ2) is 5.48. The molecule has 1 aromatic rings. The van der Waals surface area contributed by atoms with E-state index in [2.05, 4.69) is 0 Å². The van der Waals surface area contributed by atoms with Crippen molar-refractivity contribution in [2.45, 2.75) is 19.9 Å². The van der Waals surface area contributed by atoms with E-state index in [9.17, 15) is 4.79 Å². The summed E-state index contributed by atoms with van der Waals surface area (Å²) in [7, 11) is 3.71. The number of ether oxygens (including phenoxy) is 3. The fourth-order valence-electron chi connectivity index (χ4n) is 2.19. The Balaban J connectivity index is 2.39. The normalized spacial score (nSPS) is 14.6. The molecule has 0 aromatic heterocycles. The molecule has 0 radical (unpaired) electrons. The van der Waals surface area contributed by atoms with Gasteiger partial charge >= 0.3 is 5.97 Å². The molecule has 2 rings (SSSR count). The number of likely N-dealkylation sites (N-methyl/N-ethyl adjacent to an activating group) is 1. The molecule has 1 aromatic carbocycles. The molecule has 1 aliphatic heterocycles. The Kier molecular flexibility index (Phi) is 3.95. The van der Waals surface area contributed by atoms with Crippen LogP contribution in [-0.4, -0.2) is 38.4 Å². The summed E-state index contributed by atoms with van der Waals surface area (Å²) < 4.78 is 15.8. The lowest BCUT2D eigenvalue weighted by molar-refractivity contribution is -0.148. The average molecular weight is 265 g/mol. The SMILES string of the molecule is CCOC(=O)C(c1cc2c(cc1C)OCO2)N(C)C. The van der Waals surface area contributed by atoms with Crippen LogP contribution in [0.3, 0.4) is 0 Å². The van der Waals surface area contributed by atoms with Gasteiger partial charge in [-0.1, -0.05) is 0 Å². The molecular formula is C14H19NO4. The quantitative estimate of drug-likeness (QED) is 0.778. The highest BCUT2D eigenvalue weighted by Gasteiger charge is 2.28. The number of carbonyl (C=O) groups is 1. The van der Waals surface area contributed by atoms with Gasteiger partial charge in [0.15, 0.2) is 11.5 Å². The van der Waals surface area contributed by atoms with Crippen molar-refractivity contribution in [2.75, 3.05) is 27.5 Å². The Morgan fingerprint density at radius 3 is 2.58 bits per heavy atom. The lowest BCUT2D eigenvalue weighted by Crippen LogP contribution is -2.30. The minimum atomic E-state index is -0.436. The number of aryl methyl sites for hydroxylation is 1. The standard InChI is InChI=1S/C14H19NO4/c1-5-17-14(16)13(15(3)4)10-7-12-11(6-9(10)2)18-8-19-12/h6-7,13H,5,8H2,1-4H3. The molecule has 104 valence electrons. The van der Waals surface area contributed by atoms with Gasteiger partial charge in [0, 0.05) is 0 Å². The molecule has 1 aliphatic rings. The van der Waals surface area contributed by atoms with Crippen LogP contribution < -0.4 is 9.47 Å². The fraction of sp³-hybridized carbons (Fsp3) is 0.500. The Morgan fingerprint density at radius 1 is 1.37 bits per heavy atom. The van der Waals surface area contributed by atoms with E-state index in [1.54, 1.807) is 6.92 Å². The molecule has 1 heterocycles. The van der Waals surface area contributed by atoms with Gasteiger partial charge < -0.3 is 14.2 Å². The largest absolute Gasteiger partial charge is 0.465 e.